The summed E-state index contributed by atoms with van der Waals surface area (Å²) in [7, 11) is 1.59. The Bertz CT molecular complexity index is 594. The average Bonchev–Trinajstić information content (AvgIpc) is 3.20. The van der Waals surface area contributed by atoms with Crippen LogP contribution in [0.5, 0.6) is 0 Å². The third-order valence-electron chi connectivity index (χ3n) is 3.93. The van der Waals surface area contributed by atoms with E-state index in [1.807, 2.05) is 6.92 Å². The molecule has 9 nitrogen and oxygen atoms in total. The number of nitrogens with zero attached hydrogens (tertiary/aromatic N) is 3. The number of furan rings is 1. The summed E-state index contributed by atoms with van der Waals surface area (Å²) < 4.78 is 10.1. The lowest BCUT2D eigenvalue weighted by molar-refractivity contribution is -0.119. The van der Waals surface area contributed by atoms with Crippen LogP contribution in [0, 0.1) is 0 Å². The molecule has 0 spiro atoms. The Balaban J connectivity index is 1.85. The molecule has 26 heavy (non-hydrogen) atoms. The number of methoxy groups -OCH3 is 1. The van der Waals surface area contributed by atoms with Gasteiger partial charge in [-0.2, -0.15) is 0 Å². The van der Waals surface area contributed by atoms with Gasteiger partial charge in [-0.25, -0.2) is 4.99 Å². The summed E-state index contributed by atoms with van der Waals surface area (Å²) in [5.74, 6) is 0.782. The minimum atomic E-state index is -0.149. The second kappa shape index (κ2) is 10.4. The van der Waals surface area contributed by atoms with Crippen LogP contribution in [0.15, 0.2) is 27.8 Å². The quantitative estimate of drug-likeness (QED) is 0.393. The van der Waals surface area contributed by atoms with Gasteiger partial charge in [-0.05, 0) is 19.1 Å². The average molecular weight is 365 g/mol. The smallest absolute Gasteiger partial charge is 0.289 e. The van der Waals surface area contributed by atoms with Crippen LogP contribution in [0.1, 0.15) is 17.5 Å². The molecule has 0 bridgehead atoms. The van der Waals surface area contributed by atoms with Crippen LogP contribution in [-0.2, 0) is 9.53 Å². The molecular weight excluding hydrogens is 338 g/mol. The summed E-state index contributed by atoms with van der Waals surface area (Å²) in [5.41, 5.74) is 0. The van der Waals surface area contributed by atoms with Crippen LogP contribution in [0.25, 0.3) is 0 Å². The van der Waals surface area contributed by atoms with E-state index in [0.717, 1.165) is 0 Å². The largest absolute Gasteiger partial charge is 0.459 e. The number of hydrogen-bond donors (Lipinski definition) is 2. The summed E-state index contributed by atoms with van der Waals surface area (Å²) in [6.07, 6.45) is 1.50. The van der Waals surface area contributed by atoms with Crippen molar-refractivity contribution < 1.29 is 18.7 Å². The van der Waals surface area contributed by atoms with Crippen LogP contribution >= 0.6 is 0 Å². The third-order valence-corrected chi connectivity index (χ3v) is 3.93. The predicted molar refractivity (Wildman–Crippen MR) is 97.0 cm³/mol. The summed E-state index contributed by atoms with van der Waals surface area (Å²) in [4.78, 5) is 32.3. The topological polar surface area (TPSA) is 99.4 Å². The van der Waals surface area contributed by atoms with Crippen molar-refractivity contribution >= 4 is 17.8 Å². The van der Waals surface area contributed by atoms with Gasteiger partial charge in [-0.1, -0.05) is 0 Å². The Morgan fingerprint density at radius 2 is 1.96 bits per heavy atom. The molecule has 1 aliphatic heterocycles. The van der Waals surface area contributed by atoms with Crippen LogP contribution in [0.3, 0.4) is 0 Å². The van der Waals surface area contributed by atoms with E-state index in [1.165, 1.54) is 6.26 Å². The number of piperazine rings is 1. The van der Waals surface area contributed by atoms with E-state index < -0.39 is 0 Å². The van der Waals surface area contributed by atoms with Gasteiger partial charge in [0.25, 0.3) is 5.91 Å². The first-order chi connectivity index (χ1) is 12.7. The van der Waals surface area contributed by atoms with Gasteiger partial charge in [-0.15, -0.1) is 0 Å². The van der Waals surface area contributed by atoms with Gasteiger partial charge in [0.1, 0.15) is 6.54 Å². The Labute approximate surface area is 153 Å². The van der Waals surface area contributed by atoms with E-state index in [4.69, 9.17) is 9.15 Å². The van der Waals surface area contributed by atoms with Gasteiger partial charge in [0.05, 0.1) is 12.9 Å². The maximum Gasteiger partial charge on any atom is 0.289 e. The molecule has 1 aliphatic rings. The molecule has 0 unspecified atom stereocenters. The molecule has 1 fully saturated rings. The zero-order valence-electron chi connectivity index (χ0n) is 15.4. The van der Waals surface area contributed by atoms with Crippen molar-refractivity contribution in [1.82, 2.24) is 20.4 Å². The molecule has 0 atom stereocenters. The Kier molecular flexibility index (Phi) is 7.94. The molecule has 9 heteroatoms. The van der Waals surface area contributed by atoms with Gasteiger partial charge >= 0.3 is 0 Å². The number of amides is 2. The molecule has 1 aromatic rings. The summed E-state index contributed by atoms with van der Waals surface area (Å²) in [6, 6.07) is 3.37. The van der Waals surface area contributed by atoms with E-state index in [-0.39, 0.29) is 18.4 Å². The summed E-state index contributed by atoms with van der Waals surface area (Å²) in [6.45, 7) is 6.11. The number of carbonyl (C=O) groups excluding carboxylic acids is 2. The lowest BCUT2D eigenvalue weighted by atomic mass is 10.3. The van der Waals surface area contributed by atoms with Crippen molar-refractivity contribution in [1.29, 1.82) is 0 Å². The molecule has 2 amide bonds. The highest BCUT2D eigenvalue weighted by Crippen LogP contribution is 2.09. The van der Waals surface area contributed by atoms with Gasteiger partial charge in [0.15, 0.2) is 11.7 Å². The Hall–Kier alpha value is -2.55. The third kappa shape index (κ3) is 5.76. The number of hydrogen-bond acceptors (Lipinski definition) is 5. The monoisotopic (exact) mass is 365 g/mol. The predicted octanol–water partition coefficient (Wildman–Crippen LogP) is -0.234. The normalized spacial score (nSPS) is 15.1. The zero-order chi connectivity index (χ0) is 18.8. The first-order valence-electron chi connectivity index (χ1n) is 8.77. The Morgan fingerprint density at radius 3 is 2.58 bits per heavy atom. The number of ether oxygens (including phenoxy) is 1. The SMILES string of the molecule is CCNC(=NCC(=O)NCCOC)N1CCN(C(=O)c2ccco2)CC1. The number of carbonyl (C=O) groups is 2. The van der Waals surface area contributed by atoms with Crippen molar-refractivity contribution in [2.24, 2.45) is 4.99 Å². The van der Waals surface area contributed by atoms with E-state index in [2.05, 4.69) is 20.5 Å². The first kappa shape index (κ1) is 19.8. The maximum absolute atomic E-state index is 12.3. The molecule has 2 rings (SSSR count). The Morgan fingerprint density at radius 1 is 1.23 bits per heavy atom. The highest BCUT2D eigenvalue weighted by atomic mass is 16.5. The van der Waals surface area contributed by atoms with Crippen molar-refractivity contribution in [2.75, 3.05) is 59.5 Å². The molecule has 0 aliphatic carbocycles. The molecule has 1 saturated heterocycles. The van der Waals surface area contributed by atoms with Crippen molar-refractivity contribution in [2.45, 2.75) is 6.92 Å². The van der Waals surface area contributed by atoms with Crippen molar-refractivity contribution in [3.05, 3.63) is 24.2 Å². The highest BCUT2D eigenvalue weighted by molar-refractivity contribution is 5.91. The maximum atomic E-state index is 12.3. The number of aliphatic imine (C=N–C) groups is 1. The van der Waals surface area contributed by atoms with E-state index >= 15 is 0 Å². The minimum Gasteiger partial charge on any atom is -0.459 e. The van der Waals surface area contributed by atoms with Gasteiger partial charge < -0.3 is 29.6 Å². The van der Waals surface area contributed by atoms with E-state index in [0.29, 0.717) is 57.6 Å². The number of rotatable bonds is 7. The molecular formula is C17H27N5O4. The van der Waals surface area contributed by atoms with Crippen LogP contribution in [-0.4, -0.2) is 87.1 Å². The fourth-order valence-electron chi connectivity index (χ4n) is 2.60. The lowest BCUT2D eigenvalue weighted by Gasteiger charge is -2.36. The second-order valence-electron chi connectivity index (χ2n) is 5.77. The van der Waals surface area contributed by atoms with Crippen LogP contribution in [0.4, 0.5) is 0 Å². The summed E-state index contributed by atoms with van der Waals surface area (Å²) in [5, 5.41) is 5.94. The molecule has 2 N–H and O–H groups in total. The number of nitrogens with one attached hydrogen (secondary N) is 2. The van der Waals surface area contributed by atoms with Gasteiger partial charge in [0.2, 0.25) is 5.91 Å². The molecule has 1 aromatic heterocycles. The zero-order valence-corrected chi connectivity index (χ0v) is 15.4. The molecule has 2 heterocycles. The fourth-order valence-corrected chi connectivity index (χ4v) is 2.60. The van der Waals surface area contributed by atoms with E-state index in [9.17, 15) is 9.59 Å². The molecule has 144 valence electrons. The molecule has 0 radical (unpaired) electrons. The standard InChI is InChI=1S/C17H27N5O4/c1-3-18-17(20-13-15(23)19-6-12-25-2)22-9-7-21(8-10-22)16(24)14-5-4-11-26-14/h4-5,11H,3,6-10,12-13H2,1-2H3,(H,18,20)(H,19,23). The lowest BCUT2D eigenvalue weighted by Crippen LogP contribution is -2.54. The van der Waals surface area contributed by atoms with E-state index in [1.54, 1.807) is 24.1 Å². The van der Waals surface area contributed by atoms with Crippen LogP contribution < -0.4 is 10.6 Å². The van der Waals surface area contributed by atoms with Crippen molar-refractivity contribution in [3.63, 3.8) is 0 Å². The first-order valence-corrected chi connectivity index (χ1v) is 8.77. The molecule has 0 aromatic carbocycles. The fraction of sp³-hybridized carbons (Fsp3) is 0.588. The molecule has 0 saturated carbocycles. The van der Waals surface area contributed by atoms with Crippen molar-refractivity contribution in [3.8, 4) is 0 Å². The summed E-state index contributed by atoms with van der Waals surface area (Å²) >= 11 is 0. The minimum absolute atomic E-state index is 0.0532. The highest BCUT2D eigenvalue weighted by Gasteiger charge is 2.25. The number of guanidine groups is 1. The second-order valence-corrected chi connectivity index (χ2v) is 5.77. The van der Waals surface area contributed by atoms with Crippen LogP contribution in [0.2, 0.25) is 0 Å². The van der Waals surface area contributed by atoms with Gasteiger partial charge in [0, 0.05) is 46.4 Å². The van der Waals surface area contributed by atoms with Gasteiger partial charge in [-0.3, -0.25) is 9.59 Å².